The summed E-state index contributed by atoms with van der Waals surface area (Å²) in [6, 6.07) is 19.6. The van der Waals surface area contributed by atoms with Crippen molar-refractivity contribution in [2.24, 2.45) is 5.92 Å². The van der Waals surface area contributed by atoms with Crippen LogP contribution in [0.4, 0.5) is 10.1 Å². The number of aromatic nitrogens is 1. The van der Waals surface area contributed by atoms with Gasteiger partial charge in [-0.2, -0.15) is 0 Å². The van der Waals surface area contributed by atoms with Gasteiger partial charge in [0, 0.05) is 30.5 Å². The van der Waals surface area contributed by atoms with Crippen molar-refractivity contribution in [2.75, 3.05) is 25.2 Å². The molecule has 38 heavy (non-hydrogen) atoms. The molecule has 4 aromatic rings. The SMILES string of the molecule is CCOC(=O)c1c(-c2ccc(OCC)cc2)c2cccc(N(C)C(=O)C3CC3)c2n1Cc1ccc(F)cc1. The van der Waals surface area contributed by atoms with E-state index in [1.54, 1.807) is 31.0 Å². The number of carbonyl (C=O) groups excluding carboxylic acids is 2. The molecule has 5 rings (SSSR count). The lowest BCUT2D eigenvalue weighted by atomic mass is 10.0. The van der Waals surface area contributed by atoms with Gasteiger partial charge in [-0.05, 0) is 68.1 Å². The second kappa shape index (κ2) is 10.7. The Kier molecular flexibility index (Phi) is 7.18. The molecule has 196 valence electrons. The van der Waals surface area contributed by atoms with E-state index in [0.717, 1.165) is 46.2 Å². The van der Waals surface area contributed by atoms with E-state index >= 15 is 0 Å². The fourth-order valence-electron chi connectivity index (χ4n) is 4.90. The Morgan fingerprint density at radius 2 is 1.68 bits per heavy atom. The number of hydrogen-bond acceptors (Lipinski definition) is 4. The van der Waals surface area contributed by atoms with Gasteiger partial charge in [0.25, 0.3) is 0 Å². The molecule has 0 bridgehead atoms. The maximum atomic E-state index is 13.7. The summed E-state index contributed by atoms with van der Waals surface area (Å²) in [7, 11) is 1.78. The number of ether oxygens (including phenoxy) is 2. The molecule has 3 aromatic carbocycles. The lowest BCUT2D eigenvalue weighted by Gasteiger charge is -2.20. The molecule has 1 amide bonds. The molecular weight excluding hydrogens is 483 g/mol. The monoisotopic (exact) mass is 514 g/mol. The third-order valence-electron chi connectivity index (χ3n) is 6.86. The van der Waals surface area contributed by atoms with E-state index in [2.05, 4.69) is 0 Å². The van der Waals surface area contributed by atoms with Crippen molar-refractivity contribution < 1.29 is 23.5 Å². The lowest BCUT2D eigenvalue weighted by Crippen LogP contribution is -2.28. The van der Waals surface area contributed by atoms with Crippen molar-refractivity contribution in [1.29, 1.82) is 0 Å². The maximum Gasteiger partial charge on any atom is 0.355 e. The summed E-state index contributed by atoms with van der Waals surface area (Å²) in [5, 5.41) is 0.826. The van der Waals surface area contributed by atoms with Gasteiger partial charge in [-0.3, -0.25) is 4.79 Å². The minimum atomic E-state index is -0.461. The summed E-state index contributed by atoms with van der Waals surface area (Å²) >= 11 is 0. The number of anilines is 1. The van der Waals surface area contributed by atoms with E-state index in [0.29, 0.717) is 24.5 Å². The summed E-state index contributed by atoms with van der Waals surface area (Å²) in [5.41, 5.74) is 4.21. The number of amides is 1. The standard InChI is InChI=1S/C31H31FN2O4/c1-4-37-24-17-13-21(14-18-24)27-25-7-6-8-26(33(3)30(35)22-11-12-22)28(25)34(29(27)31(36)38-5-2)19-20-9-15-23(32)16-10-20/h6-10,13-18,22H,4-5,11-12,19H2,1-3H3. The minimum Gasteiger partial charge on any atom is -0.494 e. The van der Waals surface area contributed by atoms with E-state index < -0.39 is 5.97 Å². The zero-order valence-electron chi connectivity index (χ0n) is 21.9. The maximum absolute atomic E-state index is 13.7. The number of esters is 1. The van der Waals surface area contributed by atoms with Crippen LogP contribution in [0.25, 0.3) is 22.0 Å². The van der Waals surface area contributed by atoms with Crippen LogP contribution < -0.4 is 9.64 Å². The number of hydrogen-bond donors (Lipinski definition) is 0. The fourth-order valence-corrected chi connectivity index (χ4v) is 4.90. The summed E-state index contributed by atoms with van der Waals surface area (Å²) in [4.78, 5) is 28.4. The third kappa shape index (κ3) is 4.88. The number of benzene rings is 3. The molecule has 7 heteroatoms. The van der Waals surface area contributed by atoms with E-state index in [-0.39, 0.29) is 24.2 Å². The Hall–Kier alpha value is -4.13. The molecule has 0 radical (unpaired) electrons. The second-order valence-electron chi connectivity index (χ2n) is 9.46. The number of rotatable bonds is 9. The Labute approximate surface area is 221 Å². The van der Waals surface area contributed by atoms with Crippen molar-refractivity contribution in [1.82, 2.24) is 4.57 Å². The van der Waals surface area contributed by atoms with Gasteiger partial charge >= 0.3 is 5.97 Å². The van der Waals surface area contributed by atoms with Gasteiger partial charge in [0.2, 0.25) is 5.91 Å². The Balaban J connectivity index is 1.78. The van der Waals surface area contributed by atoms with Crippen molar-refractivity contribution in [3.8, 4) is 16.9 Å². The average Bonchev–Trinajstić information content (AvgIpc) is 3.72. The zero-order valence-corrected chi connectivity index (χ0v) is 21.9. The van der Waals surface area contributed by atoms with Gasteiger partial charge in [0.15, 0.2) is 0 Å². The van der Waals surface area contributed by atoms with Gasteiger partial charge in [-0.15, -0.1) is 0 Å². The van der Waals surface area contributed by atoms with Crippen LogP contribution in [0.2, 0.25) is 0 Å². The van der Waals surface area contributed by atoms with Crippen LogP contribution in [0, 0.1) is 11.7 Å². The number of carbonyl (C=O) groups is 2. The van der Waals surface area contributed by atoms with Crippen molar-refractivity contribution >= 4 is 28.5 Å². The van der Waals surface area contributed by atoms with Crippen LogP contribution in [0.3, 0.4) is 0 Å². The van der Waals surface area contributed by atoms with Gasteiger partial charge in [-0.1, -0.05) is 36.4 Å². The zero-order chi connectivity index (χ0) is 26.8. The van der Waals surface area contributed by atoms with Crippen LogP contribution in [0.1, 0.15) is 42.7 Å². The number of fused-ring (bicyclic) bond motifs is 1. The van der Waals surface area contributed by atoms with E-state index in [1.165, 1.54) is 12.1 Å². The highest BCUT2D eigenvalue weighted by molar-refractivity contribution is 6.14. The molecule has 0 aliphatic heterocycles. The highest BCUT2D eigenvalue weighted by atomic mass is 19.1. The third-order valence-corrected chi connectivity index (χ3v) is 6.86. The molecule has 1 aliphatic rings. The molecule has 0 spiro atoms. The van der Waals surface area contributed by atoms with Crippen LogP contribution in [0.5, 0.6) is 5.75 Å². The van der Waals surface area contributed by atoms with Crippen molar-refractivity contribution in [2.45, 2.75) is 33.2 Å². The first-order chi connectivity index (χ1) is 18.4. The first-order valence-corrected chi connectivity index (χ1v) is 13.0. The predicted molar refractivity (Wildman–Crippen MR) is 146 cm³/mol. The quantitative estimate of drug-likeness (QED) is 0.241. The summed E-state index contributed by atoms with van der Waals surface area (Å²) < 4.78 is 26.8. The van der Waals surface area contributed by atoms with E-state index in [9.17, 15) is 14.0 Å². The minimum absolute atomic E-state index is 0.0332. The second-order valence-corrected chi connectivity index (χ2v) is 9.46. The largest absolute Gasteiger partial charge is 0.494 e. The number of halogens is 1. The molecule has 1 aromatic heterocycles. The van der Waals surface area contributed by atoms with Crippen LogP contribution in [0.15, 0.2) is 66.7 Å². The smallest absolute Gasteiger partial charge is 0.355 e. The first-order valence-electron chi connectivity index (χ1n) is 13.0. The van der Waals surface area contributed by atoms with E-state index in [1.807, 2.05) is 54.0 Å². The topological polar surface area (TPSA) is 60.8 Å². The van der Waals surface area contributed by atoms with Crippen LogP contribution in [-0.4, -0.2) is 36.7 Å². The Morgan fingerprint density at radius 3 is 2.32 bits per heavy atom. The molecule has 0 atom stereocenters. The van der Waals surface area contributed by atoms with Gasteiger partial charge < -0.3 is 18.9 Å². The molecular formula is C31H31FN2O4. The Bertz CT molecular complexity index is 1470. The normalized spacial score (nSPS) is 12.9. The molecule has 6 nitrogen and oxygen atoms in total. The highest BCUT2D eigenvalue weighted by Crippen LogP contribution is 2.42. The summed E-state index contributed by atoms with van der Waals surface area (Å²) in [5.74, 6) is 0.0386. The van der Waals surface area contributed by atoms with Gasteiger partial charge in [-0.25, -0.2) is 9.18 Å². The summed E-state index contributed by atoms with van der Waals surface area (Å²) in [6.07, 6.45) is 1.78. The lowest BCUT2D eigenvalue weighted by molar-refractivity contribution is -0.119. The highest BCUT2D eigenvalue weighted by Gasteiger charge is 2.34. The molecule has 1 heterocycles. The molecule has 1 fully saturated rings. The molecule has 0 saturated heterocycles. The summed E-state index contributed by atoms with van der Waals surface area (Å²) in [6.45, 7) is 4.76. The van der Waals surface area contributed by atoms with Gasteiger partial charge in [0.05, 0.1) is 24.4 Å². The van der Waals surface area contributed by atoms with Gasteiger partial charge in [0.1, 0.15) is 17.3 Å². The molecule has 0 unspecified atom stereocenters. The average molecular weight is 515 g/mol. The Morgan fingerprint density at radius 1 is 0.974 bits per heavy atom. The molecule has 0 N–H and O–H groups in total. The number of para-hydroxylation sites is 1. The van der Waals surface area contributed by atoms with E-state index in [4.69, 9.17) is 9.47 Å². The number of nitrogens with zero attached hydrogens (tertiary/aromatic N) is 2. The molecule has 1 aliphatic carbocycles. The van der Waals surface area contributed by atoms with Crippen molar-refractivity contribution in [3.63, 3.8) is 0 Å². The predicted octanol–water partition coefficient (Wildman–Crippen LogP) is 6.44. The van der Waals surface area contributed by atoms with Crippen LogP contribution in [-0.2, 0) is 16.1 Å². The molecule has 1 saturated carbocycles. The first kappa shape index (κ1) is 25.5. The van der Waals surface area contributed by atoms with Crippen molar-refractivity contribution in [3.05, 3.63) is 83.8 Å². The van der Waals surface area contributed by atoms with Crippen LogP contribution >= 0.6 is 0 Å². The fraction of sp³-hybridized carbons (Fsp3) is 0.290.